The number of para-hydroxylation sites is 1. The summed E-state index contributed by atoms with van der Waals surface area (Å²) in [6.07, 6.45) is 1.91. The van der Waals surface area contributed by atoms with Crippen LogP contribution in [0.2, 0.25) is 0 Å². The number of nitriles is 2. The second-order valence-corrected chi connectivity index (χ2v) is 8.35. The molecule has 2 heterocycles. The van der Waals surface area contributed by atoms with Crippen molar-refractivity contribution >= 4 is 17.0 Å². The number of aromatic nitrogens is 1. The normalized spacial score (nSPS) is 18.2. The van der Waals surface area contributed by atoms with Crippen molar-refractivity contribution in [1.29, 1.82) is 10.5 Å². The molecule has 5 nitrogen and oxygen atoms in total. The largest absolute Gasteiger partial charge is 0.507 e. The number of nitrogens with one attached hydrogen (secondary N) is 1. The van der Waals surface area contributed by atoms with E-state index < -0.39 is 0 Å². The quantitative estimate of drug-likeness (QED) is 0.561. The number of hydrogen-bond acceptors (Lipinski definition) is 3. The third-order valence-corrected chi connectivity index (χ3v) is 6.11. The maximum Gasteiger partial charge on any atom is 0.209 e. The van der Waals surface area contributed by atoms with E-state index in [2.05, 4.69) is 35.5 Å². The standard InChI is InChI=1S/C25H22N4O/c1-14-10-15(2)28-23(14)22-21(16(12-26)13-27)17(24(22)30)11-20-25(3,4)18-8-6-7-9-19(18)29(20)5/h6-11,30H,1-5H3/p+1. The van der Waals surface area contributed by atoms with Crippen LogP contribution in [-0.2, 0) is 5.41 Å². The number of allylic oxidation sites excluding steroid dienone is 4. The predicted octanol–water partition coefficient (Wildman–Crippen LogP) is 4.89. The van der Waals surface area contributed by atoms with Gasteiger partial charge < -0.3 is 10.1 Å². The highest BCUT2D eigenvalue weighted by Crippen LogP contribution is 2.48. The van der Waals surface area contributed by atoms with Gasteiger partial charge in [0.15, 0.2) is 5.71 Å². The fourth-order valence-corrected chi connectivity index (χ4v) is 4.61. The van der Waals surface area contributed by atoms with E-state index in [1.54, 1.807) is 0 Å². The summed E-state index contributed by atoms with van der Waals surface area (Å²) < 4.78 is 2.10. The van der Waals surface area contributed by atoms with Gasteiger partial charge in [-0.05, 0) is 39.3 Å². The SMILES string of the molecule is Cc1cc(C)c(C2=C(O)/C(=C\C3=[N+](C)c4ccccc4C3(C)C)C2=C(C#N)C#N)[nH]1. The van der Waals surface area contributed by atoms with Crippen molar-refractivity contribution in [3.8, 4) is 12.1 Å². The summed E-state index contributed by atoms with van der Waals surface area (Å²) in [5.74, 6) is 0.102. The molecule has 1 aliphatic carbocycles. The molecule has 2 N–H and O–H groups in total. The van der Waals surface area contributed by atoms with E-state index in [0.717, 1.165) is 28.4 Å². The lowest BCUT2D eigenvalue weighted by atomic mass is 9.75. The average molecular weight is 395 g/mol. The number of aromatic amines is 1. The molecule has 30 heavy (non-hydrogen) atoms. The van der Waals surface area contributed by atoms with E-state index in [4.69, 9.17) is 0 Å². The lowest BCUT2D eigenvalue weighted by Gasteiger charge is -2.27. The maximum absolute atomic E-state index is 11.0. The van der Waals surface area contributed by atoms with Gasteiger partial charge in [-0.1, -0.05) is 18.2 Å². The Bertz CT molecular complexity index is 1300. The molecule has 0 saturated heterocycles. The number of aryl methyl sites for hydroxylation is 2. The summed E-state index contributed by atoms with van der Waals surface area (Å²) in [5.41, 5.74) is 7.23. The van der Waals surface area contributed by atoms with Crippen molar-refractivity contribution in [3.05, 3.63) is 81.4 Å². The lowest BCUT2D eigenvalue weighted by Crippen LogP contribution is -2.28. The van der Waals surface area contributed by atoms with Crippen molar-refractivity contribution in [1.82, 2.24) is 4.98 Å². The van der Waals surface area contributed by atoms with Gasteiger partial charge in [0, 0.05) is 34.5 Å². The maximum atomic E-state index is 11.0. The van der Waals surface area contributed by atoms with Crippen molar-refractivity contribution in [2.24, 2.45) is 0 Å². The van der Waals surface area contributed by atoms with Gasteiger partial charge in [0.05, 0.1) is 16.7 Å². The van der Waals surface area contributed by atoms with Gasteiger partial charge in [0.1, 0.15) is 30.5 Å². The summed E-state index contributed by atoms with van der Waals surface area (Å²) in [6, 6.07) is 14.2. The Kier molecular flexibility index (Phi) is 4.29. The summed E-state index contributed by atoms with van der Waals surface area (Å²) in [5, 5.41) is 30.2. The zero-order valence-electron chi connectivity index (χ0n) is 17.8. The third kappa shape index (κ3) is 2.56. The van der Waals surface area contributed by atoms with Crippen LogP contribution < -0.4 is 0 Å². The van der Waals surface area contributed by atoms with Crippen LogP contribution in [0.1, 0.15) is 36.4 Å². The van der Waals surface area contributed by atoms with Gasteiger partial charge in [-0.25, -0.2) is 0 Å². The molecule has 0 spiro atoms. The average Bonchev–Trinajstić information content (AvgIpc) is 3.13. The molecular formula is C25H23N4O+. The summed E-state index contributed by atoms with van der Waals surface area (Å²) in [6.45, 7) is 8.15. The van der Waals surface area contributed by atoms with Crippen LogP contribution in [-0.4, -0.2) is 27.4 Å². The molecule has 1 aliphatic heterocycles. The Balaban J connectivity index is 1.96. The van der Waals surface area contributed by atoms with Gasteiger partial charge in [-0.3, -0.25) is 0 Å². The topological polar surface area (TPSA) is 86.6 Å². The number of nitrogens with zero attached hydrogens (tertiary/aromatic N) is 3. The highest BCUT2D eigenvalue weighted by molar-refractivity contribution is 6.08. The minimum absolute atomic E-state index is 0.00252. The van der Waals surface area contributed by atoms with Crippen molar-refractivity contribution in [3.63, 3.8) is 0 Å². The monoisotopic (exact) mass is 395 g/mol. The van der Waals surface area contributed by atoms with E-state index in [9.17, 15) is 15.6 Å². The van der Waals surface area contributed by atoms with Crippen LogP contribution in [0.15, 0.2) is 58.9 Å². The molecule has 0 bridgehead atoms. The number of hydrogen-bond donors (Lipinski definition) is 2. The Labute approximate surface area is 176 Å². The minimum Gasteiger partial charge on any atom is -0.507 e. The second kappa shape index (κ2) is 6.61. The van der Waals surface area contributed by atoms with Crippen molar-refractivity contribution in [2.75, 3.05) is 7.05 Å². The van der Waals surface area contributed by atoms with Crippen LogP contribution in [0.4, 0.5) is 5.69 Å². The number of benzene rings is 1. The summed E-state index contributed by atoms with van der Waals surface area (Å²) in [4.78, 5) is 3.25. The van der Waals surface area contributed by atoms with Gasteiger partial charge in [-0.15, -0.1) is 0 Å². The molecule has 1 aromatic carbocycles. The molecule has 0 amide bonds. The van der Waals surface area contributed by atoms with Gasteiger partial charge in [0.2, 0.25) is 5.69 Å². The van der Waals surface area contributed by atoms with Crippen LogP contribution in [0.3, 0.4) is 0 Å². The lowest BCUT2D eigenvalue weighted by molar-refractivity contribution is -0.401. The third-order valence-electron chi connectivity index (χ3n) is 6.11. The predicted molar refractivity (Wildman–Crippen MR) is 116 cm³/mol. The molecule has 5 heteroatoms. The fourth-order valence-electron chi connectivity index (χ4n) is 4.61. The molecule has 148 valence electrons. The van der Waals surface area contributed by atoms with Crippen molar-refractivity contribution in [2.45, 2.75) is 33.1 Å². The zero-order valence-corrected chi connectivity index (χ0v) is 17.8. The molecule has 0 atom stereocenters. The number of aliphatic hydroxyl groups is 1. The molecule has 0 radical (unpaired) electrons. The highest BCUT2D eigenvalue weighted by atomic mass is 16.3. The first-order valence-corrected chi connectivity index (χ1v) is 9.80. The molecule has 0 fully saturated rings. The molecule has 4 rings (SSSR count). The van der Waals surface area contributed by atoms with Crippen LogP contribution in [0.25, 0.3) is 5.57 Å². The minimum atomic E-state index is -0.280. The Hall–Kier alpha value is -3.83. The van der Waals surface area contributed by atoms with Gasteiger partial charge in [-0.2, -0.15) is 15.1 Å². The highest BCUT2D eigenvalue weighted by Gasteiger charge is 2.45. The smallest absolute Gasteiger partial charge is 0.209 e. The molecule has 2 aromatic rings. The van der Waals surface area contributed by atoms with Gasteiger partial charge in [0.25, 0.3) is 0 Å². The zero-order chi connectivity index (χ0) is 21.8. The molecule has 0 unspecified atom stereocenters. The van der Waals surface area contributed by atoms with E-state index in [0.29, 0.717) is 16.7 Å². The Morgan fingerprint density at radius 1 is 1.17 bits per heavy atom. The summed E-state index contributed by atoms with van der Waals surface area (Å²) >= 11 is 0. The van der Waals surface area contributed by atoms with E-state index >= 15 is 0 Å². The molecule has 1 aromatic heterocycles. The number of fused-ring (bicyclic) bond motifs is 1. The van der Waals surface area contributed by atoms with Gasteiger partial charge >= 0.3 is 0 Å². The van der Waals surface area contributed by atoms with Crippen LogP contribution in [0, 0.1) is 36.5 Å². The number of aliphatic hydroxyl groups excluding tert-OH is 1. The van der Waals surface area contributed by atoms with Crippen molar-refractivity contribution < 1.29 is 9.68 Å². The number of H-pyrrole nitrogens is 1. The van der Waals surface area contributed by atoms with Crippen LogP contribution >= 0.6 is 0 Å². The molecule has 2 aliphatic rings. The first-order chi connectivity index (χ1) is 14.2. The fraction of sp³-hybridized carbons (Fsp3) is 0.240. The van der Waals surface area contributed by atoms with Crippen LogP contribution in [0.5, 0.6) is 0 Å². The molecular weight excluding hydrogens is 372 g/mol. The summed E-state index contributed by atoms with van der Waals surface area (Å²) in [7, 11) is 2.00. The second-order valence-electron chi connectivity index (χ2n) is 8.35. The molecule has 0 saturated carbocycles. The first kappa shape index (κ1) is 19.5. The first-order valence-electron chi connectivity index (χ1n) is 9.80. The van der Waals surface area contributed by atoms with E-state index in [1.165, 1.54) is 5.56 Å². The Morgan fingerprint density at radius 2 is 1.83 bits per heavy atom. The van der Waals surface area contributed by atoms with E-state index in [-0.39, 0.29) is 16.7 Å². The van der Waals surface area contributed by atoms with E-state index in [1.807, 2.05) is 57.3 Å². The number of rotatable bonds is 2. The Morgan fingerprint density at radius 3 is 2.40 bits per heavy atom.